The van der Waals surface area contributed by atoms with Crippen molar-refractivity contribution in [3.05, 3.63) is 90.5 Å². The molecule has 0 aliphatic rings. The van der Waals surface area contributed by atoms with Gasteiger partial charge in [-0.25, -0.2) is 0 Å². The predicted molar refractivity (Wildman–Crippen MR) is 132 cm³/mol. The number of benzene rings is 3. The molecule has 0 saturated carbocycles. The van der Waals surface area contributed by atoms with Crippen LogP contribution in [0.25, 0.3) is 0 Å². The fourth-order valence-corrected chi connectivity index (χ4v) is 9.65. The summed E-state index contributed by atoms with van der Waals surface area (Å²) in [6.45, 7) is 10.3. The first-order chi connectivity index (χ1) is 15.1. The second kappa shape index (κ2) is 9.71. The van der Waals surface area contributed by atoms with Gasteiger partial charge in [0.15, 0.2) is 0 Å². The first kappa shape index (κ1) is 24.4. The van der Waals surface area contributed by atoms with E-state index in [2.05, 4.69) is 45.0 Å². The van der Waals surface area contributed by atoms with Gasteiger partial charge in [-0.05, 0) is 41.4 Å². The summed E-state index contributed by atoms with van der Waals surface area (Å²) in [6, 6.07) is 27.2. The first-order valence-electron chi connectivity index (χ1n) is 10.8. The van der Waals surface area contributed by atoms with Crippen molar-refractivity contribution in [2.45, 2.75) is 50.7 Å². The van der Waals surface area contributed by atoms with Crippen LogP contribution in [0.15, 0.2) is 89.8 Å². The van der Waals surface area contributed by atoms with Gasteiger partial charge in [-0.2, -0.15) is 8.42 Å². The van der Waals surface area contributed by atoms with Crippen LogP contribution in [0, 0.1) is 6.92 Å². The van der Waals surface area contributed by atoms with Crippen LogP contribution in [-0.4, -0.2) is 29.4 Å². The maximum absolute atomic E-state index is 12.7. The SMILES string of the molecule is Cc1ccc(S(=O)(=O)OC[C@H](C)O[Si](c2ccccc2)(c2ccccc2)C(C)(C)C)cc1. The smallest absolute Gasteiger partial charge is 0.297 e. The largest absolute Gasteiger partial charge is 0.402 e. The Hall–Kier alpha value is -2.25. The summed E-state index contributed by atoms with van der Waals surface area (Å²) in [7, 11) is -6.63. The molecule has 0 aliphatic heterocycles. The molecule has 0 heterocycles. The van der Waals surface area contributed by atoms with Crippen molar-refractivity contribution >= 4 is 28.8 Å². The summed E-state index contributed by atoms with van der Waals surface area (Å²) in [5.41, 5.74) is 0.993. The number of aryl methyl sites for hydroxylation is 1. The minimum atomic E-state index is -3.86. The molecule has 0 spiro atoms. The molecule has 0 unspecified atom stereocenters. The monoisotopic (exact) mass is 468 g/mol. The number of rotatable bonds is 8. The quantitative estimate of drug-likeness (QED) is 0.356. The lowest BCUT2D eigenvalue weighted by atomic mass is 10.2. The van der Waals surface area contributed by atoms with Crippen LogP contribution in [0.1, 0.15) is 33.3 Å². The molecular formula is C26H32O4SSi. The Kier molecular flexibility index (Phi) is 7.40. The zero-order valence-electron chi connectivity index (χ0n) is 19.4. The van der Waals surface area contributed by atoms with E-state index in [0.29, 0.717) is 0 Å². The van der Waals surface area contributed by atoms with Crippen molar-refractivity contribution in [1.29, 1.82) is 0 Å². The zero-order valence-corrected chi connectivity index (χ0v) is 21.2. The summed E-state index contributed by atoms with van der Waals surface area (Å²) in [5.74, 6) is 0. The van der Waals surface area contributed by atoms with Gasteiger partial charge in [0.2, 0.25) is 0 Å². The van der Waals surface area contributed by atoms with Gasteiger partial charge >= 0.3 is 0 Å². The summed E-state index contributed by atoms with van der Waals surface area (Å²) < 4.78 is 37.7. The predicted octanol–water partition coefficient (Wildman–Crippen LogP) is 4.67. The molecule has 0 fully saturated rings. The molecule has 0 saturated heterocycles. The molecule has 0 bridgehead atoms. The van der Waals surface area contributed by atoms with E-state index in [4.69, 9.17) is 8.61 Å². The van der Waals surface area contributed by atoms with Crippen LogP contribution in [0.4, 0.5) is 0 Å². The highest BCUT2D eigenvalue weighted by Crippen LogP contribution is 2.37. The summed E-state index contributed by atoms with van der Waals surface area (Å²) in [5, 5.41) is 2.10. The lowest BCUT2D eigenvalue weighted by molar-refractivity contribution is 0.137. The molecule has 3 aromatic carbocycles. The van der Waals surface area contributed by atoms with Crippen molar-refractivity contribution in [2.24, 2.45) is 0 Å². The Morgan fingerprint density at radius 1 is 0.812 bits per heavy atom. The van der Waals surface area contributed by atoms with Crippen molar-refractivity contribution in [3.63, 3.8) is 0 Å². The molecule has 0 N–H and O–H groups in total. The zero-order chi connectivity index (χ0) is 23.4. The first-order valence-corrected chi connectivity index (χ1v) is 14.1. The normalized spacial score (nSPS) is 13.7. The Balaban J connectivity index is 1.92. The maximum Gasteiger partial charge on any atom is 0.297 e. The molecule has 170 valence electrons. The van der Waals surface area contributed by atoms with Crippen LogP contribution in [0.5, 0.6) is 0 Å². The van der Waals surface area contributed by atoms with Crippen LogP contribution in [0.3, 0.4) is 0 Å². The molecule has 3 rings (SSSR count). The lowest BCUT2D eigenvalue weighted by Crippen LogP contribution is -2.67. The highest BCUT2D eigenvalue weighted by atomic mass is 32.2. The van der Waals surface area contributed by atoms with E-state index in [1.807, 2.05) is 50.2 Å². The average molecular weight is 469 g/mol. The van der Waals surface area contributed by atoms with Gasteiger partial charge in [-0.15, -0.1) is 0 Å². The minimum Gasteiger partial charge on any atom is -0.402 e. The van der Waals surface area contributed by atoms with Crippen molar-refractivity contribution in [3.8, 4) is 0 Å². The molecule has 0 aromatic heterocycles. The van der Waals surface area contributed by atoms with Gasteiger partial charge in [0.05, 0.1) is 17.6 Å². The molecule has 0 aliphatic carbocycles. The van der Waals surface area contributed by atoms with Crippen LogP contribution < -0.4 is 10.4 Å². The molecular weight excluding hydrogens is 436 g/mol. The van der Waals surface area contributed by atoms with E-state index in [0.717, 1.165) is 15.9 Å². The Bertz CT molecular complexity index is 1070. The second-order valence-corrected chi connectivity index (χ2v) is 15.0. The number of hydrogen-bond acceptors (Lipinski definition) is 4. The van der Waals surface area contributed by atoms with Gasteiger partial charge in [-0.3, -0.25) is 4.18 Å². The third kappa shape index (κ3) is 5.21. The topological polar surface area (TPSA) is 52.6 Å². The van der Waals surface area contributed by atoms with Crippen LogP contribution >= 0.6 is 0 Å². The summed E-state index contributed by atoms with van der Waals surface area (Å²) >= 11 is 0. The van der Waals surface area contributed by atoms with E-state index in [1.54, 1.807) is 24.3 Å². The van der Waals surface area contributed by atoms with E-state index >= 15 is 0 Å². The molecule has 4 nitrogen and oxygen atoms in total. The molecule has 3 aromatic rings. The van der Waals surface area contributed by atoms with E-state index in [-0.39, 0.29) is 16.5 Å². The third-order valence-corrected chi connectivity index (χ3v) is 12.0. The lowest BCUT2D eigenvalue weighted by Gasteiger charge is -2.44. The highest BCUT2D eigenvalue weighted by molar-refractivity contribution is 7.86. The third-order valence-electron chi connectivity index (χ3n) is 5.56. The van der Waals surface area contributed by atoms with Gasteiger partial charge in [0.25, 0.3) is 18.4 Å². The van der Waals surface area contributed by atoms with Gasteiger partial charge in [0.1, 0.15) is 0 Å². The Morgan fingerprint density at radius 3 is 1.72 bits per heavy atom. The van der Waals surface area contributed by atoms with Crippen molar-refractivity contribution in [1.82, 2.24) is 0 Å². The maximum atomic E-state index is 12.7. The molecule has 32 heavy (non-hydrogen) atoms. The van der Waals surface area contributed by atoms with Gasteiger partial charge in [0, 0.05) is 0 Å². The Morgan fingerprint density at radius 2 is 1.28 bits per heavy atom. The van der Waals surface area contributed by atoms with Crippen molar-refractivity contribution < 1.29 is 17.0 Å². The average Bonchev–Trinajstić information content (AvgIpc) is 2.77. The van der Waals surface area contributed by atoms with E-state index in [9.17, 15) is 8.42 Å². The number of hydrogen-bond donors (Lipinski definition) is 0. The molecule has 0 radical (unpaired) electrons. The van der Waals surface area contributed by atoms with Crippen LogP contribution in [0.2, 0.25) is 5.04 Å². The van der Waals surface area contributed by atoms with Gasteiger partial charge < -0.3 is 4.43 Å². The van der Waals surface area contributed by atoms with Crippen LogP contribution in [-0.2, 0) is 18.7 Å². The molecule has 1 atom stereocenters. The van der Waals surface area contributed by atoms with E-state index < -0.39 is 24.5 Å². The fraction of sp³-hybridized carbons (Fsp3) is 0.308. The summed E-state index contributed by atoms with van der Waals surface area (Å²) in [6.07, 6.45) is -0.429. The van der Waals surface area contributed by atoms with Gasteiger partial charge in [-0.1, -0.05) is 99.1 Å². The van der Waals surface area contributed by atoms with Crippen molar-refractivity contribution in [2.75, 3.05) is 6.61 Å². The highest BCUT2D eigenvalue weighted by Gasteiger charge is 2.51. The summed E-state index contributed by atoms with van der Waals surface area (Å²) in [4.78, 5) is 0.153. The Labute approximate surface area is 193 Å². The molecule has 0 amide bonds. The fourth-order valence-electron chi connectivity index (χ4n) is 3.99. The van der Waals surface area contributed by atoms with E-state index in [1.165, 1.54) is 0 Å². The second-order valence-electron chi connectivity index (χ2n) is 9.14. The minimum absolute atomic E-state index is 0.0549. The standard InChI is InChI=1S/C26H32O4SSi/c1-21-16-18-23(19-17-21)31(27,28)29-20-22(2)30-32(26(3,4)5,24-12-8-6-9-13-24)25-14-10-7-11-15-25/h6-19,22H,20H2,1-5H3/t22-/m0/s1. The molecule has 6 heteroatoms.